The molecule has 0 spiro atoms. The highest BCUT2D eigenvalue weighted by Gasteiger charge is 2.04. The second-order valence-corrected chi connectivity index (χ2v) is 4.63. The summed E-state index contributed by atoms with van der Waals surface area (Å²) < 4.78 is 0. The summed E-state index contributed by atoms with van der Waals surface area (Å²) in [6.45, 7) is 22.7. The topological polar surface area (TPSA) is 0 Å². The van der Waals surface area contributed by atoms with Gasteiger partial charge in [0.2, 0.25) is 0 Å². The van der Waals surface area contributed by atoms with E-state index in [1.54, 1.807) is 0 Å². The Bertz CT molecular complexity index is 230. The van der Waals surface area contributed by atoms with Gasteiger partial charge in [-0.2, -0.15) is 0 Å². The molecule has 0 aliphatic rings. The number of allylic oxidation sites excluding steroid dienone is 4. The molecule has 0 bridgehead atoms. The van der Waals surface area contributed by atoms with E-state index in [-0.39, 0.29) is 0 Å². The van der Waals surface area contributed by atoms with Crippen LogP contribution in [0.15, 0.2) is 49.6 Å². The molecule has 1 unspecified atom stereocenters. The van der Waals surface area contributed by atoms with E-state index in [1.165, 1.54) is 18.4 Å². The van der Waals surface area contributed by atoms with Crippen molar-refractivity contribution in [1.29, 1.82) is 0 Å². The Hall–Kier alpha value is -1.04. The van der Waals surface area contributed by atoms with E-state index in [0.717, 1.165) is 11.5 Å². The third-order valence-electron chi connectivity index (χ3n) is 2.39. The Morgan fingerprint density at radius 3 is 1.88 bits per heavy atom. The quantitative estimate of drug-likeness (QED) is 0.406. The fourth-order valence-electron chi connectivity index (χ4n) is 1.18. The largest absolute Gasteiger partial charge is 0.106 e. The lowest BCUT2D eigenvalue weighted by molar-refractivity contribution is 0.494. The molecular formula is C16H28. The van der Waals surface area contributed by atoms with Gasteiger partial charge in [-0.25, -0.2) is 0 Å². The molecule has 1 atom stereocenters. The molecule has 0 fully saturated rings. The van der Waals surface area contributed by atoms with Crippen LogP contribution >= 0.6 is 0 Å². The van der Waals surface area contributed by atoms with Gasteiger partial charge in [-0.15, -0.1) is 13.2 Å². The first kappa shape index (κ1) is 17.4. The smallest absolute Gasteiger partial charge is 0.0196 e. The monoisotopic (exact) mass is 220 g/mol. The highest BCUT2D eigenvalue weighted by Crippen LogP contribution is 2.19. The van der Waals surface area contributed by atoms with E-state index < -0.39 is 0 Å². The maximum absolute atomic E-state index is 4.08. The fraction of sp³-hybridized carbons (Fsp3) is 0.500. The van der Waals surface area contributed by atoms with E-state index in [9.17, 15) is 0 Å². The standard InChI is InChI=1S/C14H24.C2H4/c1-11(2)7-9-13(5)14(6)10-8-12(3)4;1-2/h7,9,12,14H,1,5,8,10H2,2-4,6H3;1-2H2/b9-7-;. The van der Waals surface area contributed by atoms with Crippen molar-refractivity contribution in [2.45, 2.75) is 40.5 Å². The average Bonchev–Trinajstić information content (AvgIpc) is 2.25. The summed E-state index contributed by atoms with van der Waals surface area (Å²) >= 11 is 0. The molecule has 0 radical (unpaired) electrons. The van der Waals surface area contributed by atoms with Gasteiger partial charge < -0.3 is 0 Å². The fourth-order valence-corrected chi connectivity index (χ4v) is 1.18. The molecule has 0 nitrogen and oxygen atoms in total. The molecule has 0 aromatic carbocycles. The summed E-state index contributed by atoms with van der Waals surface area (Å²) in [5.74, 6) is 1.38. The molecular weight excluding hydrogens is 192 g/mol. The molecule has 0 saturated carbocycles. The van der Waals surface area contributed by atoms with Crippen LogP contribution in [0.5, 0.6) is 0 Å². The van der Waals surface area contributed by atoms with Crippen molar-refractivity contribution in [1.82, 2.24) is 0 Å². The van der Waals surface area contributed by atoms with Crippen molar-refractivity contribution in [3.05, 3.63) is 49.6 Å². The molecule has 16 heavy (non-hydrogen) atoms. The molecule has 0 aliphatic carbocycles. The van der Waals surface area contributed by atoms with Crippen LogP contribution in [0.25, 0.3) is 0 Å². The molecule has 0 heteroatoms. The normalized spacial score (nSPS) is 12.1. The van der Waals surface area contributed by atoms with Gasteiger partial charge >= 0.3 is 0 Å². The summed E-state index contributed by atoms with van der Waals surface area (Å²) in [4.78, 5) is 0. The lowest BCUT2D eigenvalue weighted by Gasteiger charge is -2.13. The summed E-state index contributed by atoms with van der Waals surface area (Å²) in [5.41, 5.74) is 2.30. The van der Waals surface area contributed by atoms with E-state index in [2.05, 4.69) is 53.2 Å². The minimum atomic E-state index is 0.591. The van der Waals surface area contributed by atoms with Crippen molar-refractivity contribution in [3.63, 3.8) is 0 Å². The van der Waals surface area contributed by atoms with Crippen LogP contribution in [0, 0.1) is 11.8 Å². The molecule has 92 valence electrons. The highest BCUT2D eigenvalue weighted by atomic mass is 14.1. The van der Waals surface area contributed by atoms with Crippen LogP contribution in [-0.4, -0.2) is 0 Å². The number of hydrogen-bond donors (Lipinski definition) is 0. The van der Waals surface area contributed by atoms with Gasteiger partial charge in [0.15, 0.2) is 0 Å². The van der Waals surface area contributed by atoms with Crippen molar-refractivity contribution in [2.75, 3.05) is 0 Å². The lowest BCUT2D eigenvalue weighted by Crippen LogP contribution is -1.99. The van der Waals surface area contributed by atoms with Crippen molar-refractivity contribution < 1.29 is 0 Å². The Balaban J connectivity index is 0. The van der Waals surface area contributed by atoms with Crippen LogP contribution in [0.1, 0.15) is 40.5 Å². The van der Waals surface area contributed by atoms with Gasteiger partial charge in [0.1, 0.15) is 0 Å². The van der Waals surface area contributed by atoms with Gasteiger partial charge in [0, 0.05) is 0 Å². The van der Waals surface area contributed by atoms with E-state index in [4.69, 9.17) is 0 Å². The highest BCUT2D eigenvalue weighted by molar-refractivity contribution is 5.24. The minimum absolute atomic E-state index is 0.591. The molecule has 0 aromatic rings. The Morgan fingerprint density at radius 2 is 1.50 bits per heavy atom. The van der Waals surface area contributed by atoms with E-state index >= 15 is 0 Å². The van der Waals surface area contributed by atoms with Crippen molar-refractivity contribution >= 4 is 0 Å². The molecule has 0 aliphatic heterocycles. The van der Waals surface area contributed by atoms with Gasteiger partial charge in [0.05, 0.1) is 0 Å². The van der Waals surface area contributed by atoms with E-state index in [1.807, 2.05) is 13.0 Å². The zero-order valence-electron chi connectivity index (χ0n) is 11.6. The Labute approximate surface area is 102 Å². The van der Waals surface area contributed by atoms with Crippen LogP contribution in [-0.2, 0) is 0 Å². The second kappa shape index (κ2) is 10.5. The third-order valence-corrected chi connectivity index (χ3v) is 2.39. The zero-order chi connectivity index (χ0) is 13.1. The van der Waals surface area contributed by atoms with Gasteiger partial charge in [-0.1, -0.05) is 63.6 Å². The summed E-state index contributed by atoms with van der Waals surface area (Å²) in [7, 11) is 0. The molecule has 0 amide bonds. The average molecular weight is 220 g/mol. The van der Waals surface area contributed by atoms with Crippen LogP contribution in [0.2, 0.25) is 0 Å². The summed E-state index contributed by atoms with van der Waals surface area (Å²) in [5, 5.41) is 0. The first-order chi connectivity index (χ1) is 7.43. The first-order valence-electron chi connectivity index (χ1n) is 5.96. The predicted molar refractivity (Wildman–Crippen MR) is 77.6 cm³/mol. The van der Waals surface area contributed by atoms with Crippen LogP contribution in [0.4, 0.5) is 0 Å². The summed E-state index contributed by atoms with van der Waals surface area (Å²) in [6.07, 6.45) is 6.64. The van der Waals surface area contributed by atoms with Crippen LogP contribution in [0.3, 0.4) is 0 Å². The first-order valence-corrected chi connectivity index (χ1v) is 5.96. The van der Waals surface area contributed by atoms with Crippen molar-refractivity contribution in [3.8, 4) is 0 Å². The number of rotatable bonds is 6. The van der Waals surface area contributed by atoms with Gasteiger partial charge in [-0.05, 0) is 25.2 Å². The van der Waals surface area contributed by atoms with E-state index in [0.29, 0.717) is 5.92 Å². The third kappa shape index (κ3) is 11.0. The van der Waals surface area contributed by atoms with Gasteiger partial charge in [0.25, 0.3) is 0 Å². The lowest BCUT2D eigenvalue weighted by atomic mass is 9.93. The zero-order valence-corrected chi connectivity index (χ0v) is 11.6. The summed E-state index contributed by atoms with van der Waals surface area (Å²) in [6, 6.07) is 0. The molecule has 0 aromatic heterocycles. The Morgan fingerprint density at radius 1 is 1.00 bits per heavy atom. The molecule has 0 N–H and O–H groups in total. The Kier molecular flexibility index (Phi) is 11.4. The number of hydrogen-bond acceptors (Lipinski definition) is 0. The van der Waals surface area contributed by atoms with Crippen molar-refractivity contribution in [2.24, 2.45) is 11.8 Å². The van der Waals surface area contributed by atoms with Crippen LogP contribution < -0.4 is 0 Å². The van der Waals surface area contributed by atoms with Gasteiger partial charge in [-0.3, -0.25) is 0 Å². The maximum Gasteiger partial charge on any atom is -0.0196 e. The SMILES string of the molecule is C=C.C=C(C)/C=C\C(=C)C(C)CCC(C)C. The molecule has 0 heterocycles. The minimum Gasteiger partial charge on any atom is -0.106 e. The second-order valence-electron chi connectivity index (χ2n) is 4.63. The molecule has 0 rings (SSSR count). The maximum atomic E-state index is 4.08. The predicted octanol–water partition coefficient (Wildman–Crippen LogP) is 5.55. The molecule has 0 saturated heterocycles.